The van der Waals surface area contributed by atoms with Crippen LogP contribution < -0.4 is 0 Å². The molecule has 0 bridgehead atoms. The lowest BCUT2D eigenvalue weighted by Crippen LogP contribution is -2.27. The zero-order valence-corrected chi connectivity index (χ0v) is 9.81. The number of carbonyl (C=O) groups excluding carboxylic acids is 1. The third kappa shape index (κ3) is 4.08. The van der Waals surface area contributed by atoms with Crippen molar-refractivity contribution in [1.82, 2.24) is 4.90 Å². The molecule has 1 rings (SSSR count). The van der Waals surface area contributed by atoms with Crippen LogP contribution in [0.5, 0.6) is 0 Å². The van der Waals surface area contributed by atoms with Gasteiger partial charge in [-0.15, -0.1) is 0 Å². The van der Waals surface area contributed by atoms with Gasteiger partial charge < -0.3 is 14.7 Å². The van der Waals surface area contributed by atoms with E-state index in [4.69, 9.17) is 9.84 Å². The average molecular weight is 229 g/mol. The van der Waals surface area contributed by atoms with Crippen molar-refractivity contribution in [3.63, 3.8) is 0 Å². The van der Waals surface area contributed by atoms with E-state index in [1.54, 1.807) is 4.90 Å². The molecular formula is C11H19NO4. The predicted octanol–water partition coefficient (Wildman–Crippen LogP) is 1.72. The van der Waals surface area contributed by atoms with Gasteiger partial charge in [0.2, 0.25) is 0 Å². The molecule has 0 aromatic rings. The maximum atomic E-state index is 11.4. The summed E-state index contributed by atoms with van der Waals surface area (Å²) in [5.74, 6) is -0.303. The van der Waals surface area contributed by atoms with Crippen LogP contribution in [0, 0.1) is 5.92 Å². The minimum absolute atomic E-state index is 0.0516. The molecule has 0 radical (unpaired) electrons. The van der Waals surface area contributed by atoms with Crippen molar-refractivity contribution in [3.05, 3.63) is 0 Å². The first-order valence-electron chi connectivity index (χ1n) is 5.66. The van der Waals surface area contributed by atoms with E-state index in [1.807, 2.05) is 0 Å². The lowest BCUT2D eigenvalue weighted by atomic mass is 10.1. The van der Waals surface area contributed by atoms with Crippen LogP contribution in [0.3, 0.4) is 0 Å². The first-order valence-corrected chi connectivity index (χ1v) is 5.66. The second-order valence-corrected chi connectivity index (χ2v) is 4.57. The Bertz CT molecular complexity index is 265. The van der Waals surface area contributed by atoms with Gasteiger partial charge >= 0.3 is 12.1 Å². The molecule has 0 aromatic heterocycles. The minimum Gasteiger partial charge on any atom is -0.481 e. The summed E-state index contributed by atoms with van der Waals surface area (Å²) < 4.78 is 5.08. The number of aliphatic carboxylic acids is 1. The highest BCUT2D eigenvalue weighted by Crippen LogP contribution is 2.16. The monoisotopic (exact) mass is 229 g/mol. The highest BCUT2D eigenvalue weighted by atomic mass is 16.6. The number of hydrogen-bond acceptors (Lipinski definition) is 3. The fraction of sp³-hybridized carbons (Fsp3) is 0.818. The van der Waals surface area contributed by atoms with E-state index in [2.05, 4.69) is 13.8 Å². The van der Waals surface area contributed by atoms with Crippen molar-refractivity contribution in [2.75, 3.05) is 13.1 Å². The van der Waals surface area contributed by atoms with E-state index in [9.17, 15) is 9.59 Å². The van der Waals surface area contributed by atoms with Gasteiger partial charge in [-0.1, -0.05) is 13.8 Å². The second kappa shape index (κ2) is 5.72. The van der Waals surface area contributed by atoms with E-state index in [-0.39, 0.29) is 18.6 Å². The smallest absolute Gasteiger partial charge is 0.410 e. The van der Waals surface area contributed by atoms with E-state index in [0.29, 0.717) is 25.4 Å². The number of rotatable bonds is 6. The quantitative estimate of drug-likeness (QED) is 0.753. The summed E-state index contributed by atoms with van der Waals surface area (Å²) in [6, 6.07) is 0. The van der Waals surface area contributed by atoms with Crippen LogP contribution in [0.4, 0.5) is 4.79 Å². The maximum Gasteiger partial charge on any atom is 0.410 e. The zero-order valence-electron chi connectivity index (χ0n) is 9.81. The van der Waals surface area contributed by atoms with Gasteiger partial charge in [0.15, 0.2) is 0 Å². The molecule has 1 saturated heterocycles. The van der Waals surface area contributed by atoms with Crippen LogP contribution in [0.25, 0.3) is 0 Å². The maximum absolute atomic E-state index is 11.4. The predicted molar refractivity (Wildman–Crippen MR) is 58.2 cm³/mol. The molecule has 0 aliphatic carbocycles. The molecule has 1 aliphatic heterocycles. The molecule has 1 fully saturated rings. The van der Waals surface area contributed by atoms with Gasteiger partial charge in [0, 0.05) is 13.0 Å². The van der Waals surface area contributed by atoms with Gasteiger partial charge in [-0.05, 0) is 18.8 Å². The summed E-state index contributed by atoms with van der Waals surface area (Å²) in [5.41, 5.74) is 0. The second-order valence-electron chi connectivity index (χ2n) is 4.57. The number of carboxylic acids is 1. The lowest BCUT2D eigenvalue weighted by molar-refractivity contribution is -0.137. The summed E-state index contributed by atoms with van der Waals surface area (Å²) >= 11 is 0. The fourth-order valence-electron chi connectivity index (χ4n) is 1.61. The topological polar surface area (TPSA) is 66.8 Å². The molecule has 1 heterocycles. The van der Waals surface area contributed by atoms with Crippen LogP contribution in [-0.4, -0.2) is 41.3 Å². The molecule has 92 valence electrons. The standard InChI is InChI=1S/C11H19NO4/c1-8(2)5-6-12-7-9(16-11(12)15)3-4-10(13)14/h8-9H,3-7H2,1-2H3,(H,13,14). The molecule has 0 aromatic carbocycles. The van der Waals surface area contributed by atoms with Crippen molar-refractivity contribution in [1.29, 1.82) is 0 Å². The van der Waals surface area contributed by atoms with Crippen LogP contribution in [-0.2, 0) is 9.53 Å². The first kappa shape index (κ1) is 12.8. The summed E-state index contributed by atoms with van der Waals surface area (Å²) in [4.78, 5) is 23.4. The van der Waals surface area contributed by atoms with Crippen molar-refractivity contribution in [2.24, 2.45) is 5.92 Å². The number of nitrogens with zero attached hydrogens (tertiary/aromatic N) is 1. The largest absolute Gasteiger partial charge is 0.481 e. The first-order chi connectivity index (χ1) is 7.49. The fourth-order valence-corrected chi connectivity index (χ4v) is 1.61. The highest BCUT2D eigenvalue weighted by Gasteiger charge is 2.30. The summed E-state index contributed by atoms with van der Waals surface area (Å²) in [5, 5.41) is 8.53. The number of amides is 1. The third-order valence-electron chi connectivity index (χ3n) is 2.61. The van der Waals surface area contributed by atoms with Gasteiger partial charge in [0.05, 0.1) is 6.54 Å². The van der Waals surface area contributed by atoms with Crippen molar-refractivity contribution in [3.8, 4) is 0 Å². The van der Waals surface area contributed by atoms with Gasteiger partial charge in [-0.25, -0.2) is 4.79 Å². The SMILES string of the molecule is CC(C)CCN1CC(CCC(=O)O)OC1=O. The molecule has 1 amide bonds. The molecular weight excluding hydrogens is 210 g/mol. The summed E-state index contributed by atoms with van der Waals surface area (Å²) in [6.07, 6.45) is 0.836. The average Bonchev–Trinajstić information content (AvgIpc) is 2.53. The molecule has 1 aliphatic rings. The van der Waals surface area contributed by atoms with Crippen LogP contribution in [0.1, 0.15) is 33.1 Å². The van der Waals surface area contributed by atoms with Crippen molar-refractivity contribution >= 4 is 12.1 Å². The van der Waals surface area contributed by atoms with E-state index < -0.39 is 5.97 Å². The molecule has 0 spiro atoms. The van der Waals surface area contributed by atoms with E-state index in [1.165, 1.54) is 0 Å². The van der Waals surface area contributed by atoms with Crippen molar-refractivity contribution in [2.45, 2.75) is 39.2 Å². The van der Waals surface area contributed by atoms with Gasteiger partial charge in [-0.3, -0.25) is 4.79 Å². The Kier molecular flexibility index (Phi) is 4.58. The number of carboxylic acid groups (broad SMARTS) is 1. The van der Waals surface area contributed by atoms with Crippen molar-refractivity contribution < 1.29 is 19.4 Å². The van der Waals surface area contributed by atoms with Crippen LogP contribution >= 0.6 is 0 Å². The Balaban J connectivity index is 2.29. The number of ether oxygens (including phenoxy) is 1. The van der Waals surface area contributed by atoms with Gasteiger partial charge in [-0.2, -0.15) is 0 Å². The normalized spacial score (nSPS) is 20.3. The molecule has 16 heavy (non-hydrogen) atoms. The zero-order chi connectivity index (χ0) is 12.1. The Morgan fingerprint density at radius 3 is 2.88 bits per heavy atom. The van der Waals surface area contributed by atoms with Gasteiger partial charge in [0.1, 0.15) is 6.10 Å². The van der Waals surface area contributed by atoms with Gasteiger partial charge in [0.25, 0.3) is 0 Å². The summed E-state index contributed by atoms with van der Waals surface area (Å²) in [6.45, 7) is 5.42. The Morgan fingerprint density at radius 1 is 1.62 bits per heavy atom. The van der Waals surface area contributed by atoms with Crippen LogP contribution in [0.15, 0.2) is 0 Å². The highest BCUT2D eigenvalue weighted by molar-refractivity contribution is 5.70. The molecule has 1 N–H and O–H groups in total. The number of carbonyl (C=O) groups is 2. The summed E-state index contributed by atoms with van der Waals surface area (Å²) in [7, 11) is 0. The Hall–Kier alpha value is -1.26. The lowest BCUT2D eigenvalue weighted by Gasteiger charge is -2.13. The molecule has 1 unspecified atom stereocenters. The van der Waals surface area contributed by atoms with E-state index in [0.717, 1.165) is 6.42 Å². The Labute approximate surface area is 95.4 Å². The number of cyclic esters (lactones) is 1. The molecule has 5 heteroatoms. The number of hydrogen-bond donors (Lipinski definition) is 1. The minimum atomic E-state index is -0.850. The third-order valence-corrected chi connectivity index (χ3v) is 2.61. The van der Waals surface area contributed by atoms with E-state index >= 15 is 0 Å². The molecule has 1 atom stereocenters. The Morgan fingerprint density at radius 2 is 2.31 bits per heavy atom. The molecule has 0 saturated carbocycles. The van der Waals surface area contributed by atoms with Crippen LogP contribution in [0.2, 0.25) is 0 Å². The molecule has 5 nitrogen and oxygen atoms in total.